The molecule has 0 aliphatic heterocycles. The second kappa shape index (κ2) is 5.63. The molecule has 1 aromatic carbocycles. The number of aliphatic hydroxyl groups excluding tert-OH is 1. The Morgan fingerprint density at radius 3 is 2.94 bits per heavy atom. The summed E-state index contributed by atoms with van der Waals surface area (Å²) in [6.07, 6.45) is 3.15. The van der Waals surface area contributed by atoms with Gasteiger partial charge in [0.15, 0.2) is 0 Å². The van der Waals surface area contributed by atoms with Crippen LogP contribution < -0.4 is 0 Å². The Labute approximate surface area is 113 Å². The van der Waals surface area contributed by atoms with Crippen LogP contribution in [0.1, 0.15) is 24.3 Å². The van der Waals surface area contributed by atoms with Crippen molar-refractivity contribution in [3.63, 3.8) is 0 Å². The van der Waals surface area contributed by atoms with Crippen LogP contribution in [0, 0.1) is 5.82 Å². The van der Waals surface area contributed by atoms with Crippen LogP contribution in [0.15, 0.2) is 35.2 Å². The van der Waals surface area contributed by atoms with Gasteiger partial charge in [-0.1, -0.05) is 6.07 Å². The third-order valence-electron chi connectivity index (χ3n) is 2.84. The van der Waals surface area contributed by atoms with E-state index in [1.165, 1.54) is 6.07 Å². The number of rotatable bonds is 4. The van der Waals surface area contributed by atoms with E-state index < -0.39 is 6.10 Å². The fraction of sp³-hybridized carbons (Fsp3) is 0.308. The van der Waals surface area contributed by atoms with E-state index in [4.69, 9.17) is 0 Å². The smallest absolute Gasteiger partial charge is 0.137 e. The van der Waals surface area contributed by atoms with Crippen LogP contribution in [0.2, 0.25) is 0 Å². The normalized spacial score (nSPS) is 12.7. The minimum Gasteiger partial charge on any atom is -0.386 e. The first-order chi connectivity index (χ1) is 8.61. The Balaban J connectivity index is 2.16. The fourth-order valence-electron chi connectivity index (χ4n) is 1.87. The summed E-state index contributed by atoms with van der Waals surface area (Å²) in [6.45, 7) is 2.76. The van der Waals surface area contributed by atoms with Gasteiger partial charge in [-0.15, -0.1) is 0 Å². The Kier molecular flexibility index (Phi) is 4.14. The number of hydrogen-bond donors (Lipinski definition) is 1. The van der Waals surface area contributed by atoms with Crippen LogP contribution in [-0.2, 0) is 13.0 Å². The van der Waals surface area contributed by atoms with Crippen molar-refractivity contribution in [3.05, 3.63) is 52.3 Å². The highest BCUT2D eigenvalue weighted by molar-refractivity contribution is 9.10. The molecular formula is C13H14BrFN2O. The van der Waals surface area contributed by atoms with Crippen LogP contribution in [0.5, 0.6) is 0 Å². The van der Waals surface area contributed by atoms with Crippen molar-refractivity contribution in [1.82, 2.24) is 9.55 Å². The maximum Gasteiger partial charge on any atom is 0.137 e. The molecule has 5 heteroatoms. The van der Waals surface area contributed by atoms with E-state index in [1.54, 1.807) is 24.7 Å². The Morgan fingerprint density at radius 2 is 2.28 bits per heavy atom. The fourth-order valence-corrected chi connectivity index (χ4v) is 2.29. The van der Waals surface area contributed by atoms with Gasteiger partial charge in [0.05, 0.1) is 28.8 Å². The summed E-state index contributed by atoms with van der Waals surface area (Å²) in [5.74, 6) is -0.299. The molecule has 0 fully saturated rings. The van der Waals surface area contributed by atoms with Crippen molar-refractivity contribution in [3.8, 4) is 0 Å². The molecule has 0 radical (unpaired) electrons. The van der Waals surface area contributed by atoms with Gasteiger partial charge >= 0.3 is 0 Å². The minimum absolute atomic E-state index is 0.299. The van der Waals surface area contributed by atoms with Crippen molar-refractivity contribution < 1.29 is 9.50 Å². The molecule has 0 bridgehead atoms. The number of imidazole rings is 1. The third-order valence-corrected chi connectivity index (χ3v) is 3.45. The van der Waals surface area contributed by atoms with Crippen LogP contribution >= 0.6 is 15.9 Å². The van der Waals surface area contributed by atoms with Crippen molar-refractivity contribution in [2.75, 3.05) is 0 Å². The maximum absolute atomic E-state index is 13.1. The number of halogens is 2. The van der Waals surface area contributed by atoms with Gasteiger partial charge in [0.1, 0.15) is 5.82 Å². The summed E-state index contributed by atoms with van der Waals surface area (Å²) in [6, 6.07) is 4.75. The molecule has 3 nitrogen and oxygen atoms in total. The second-order valence-electron chi connectivity index (χ2n) is 4.07. The number of nitrogens with zero attached hydrogens (tertiary/aromatic N) is 2. The molecule has 1 aromatic heterocycles. The second-order valence-corrected chi connectivity index (χ2v) is 4.93. The molecule has 0 aliphatic rings. The molecule has 2 aromatic rings. The highest BCUT2D eigenvalue weighted by Crippen LogP contribution is 2.22. The van der Waals surface area contributed by atoms with Gasteiger partial charge in [0.2, 0.25) is 0 Å². The summed E-state index contributed by atoms with van der Waals surface area (Å²) in [7, 11) is 0. The zero-order chi connectivity index (χ0) is 13.1. The van der Waals surface area contributed by atoms with Gasteiger partial charge in [-0.2, -0.15) is 0 Å². The van der Waals surface area contributed by atoms with Crippen LogP contribution in [0.3, 0.4) is 0 Å². The van der Waals surface area contributed by atoms with E-state index in [9.17, 15) is 9.50 Å². The number of benzene rings is 1. The molecule has 1 unspecified atom stereocenters. The van der Waals surface area contributed by atoms with Gasteiger partial charge < -0.3 is 9.67 Å². The molecule has 1 atom stereocenters. The summed E-state index contributed by atoms with van der Waals surface area (Å²) in [5, 5.41) is 10.2. The van der Waals surface area contributed by atoms with Crippen LogP contribution in [0.25, 0.3) is 0 Å². The Morgan fingerprint density at radius 1 is 1.50 bits per heavy atom. The molecule has 18 heavy (non-hydrogen) atoms. The molecule has 0 aliphatic carbocycles. The van der Waals surface area contributed by atoms with E-state index in [0.29, 0.717) is 10.9 Å². The third kappa shape index (κ3) is 2.79. The van der Waals surface area contributed by atoms with Gasteiger partial charge in [-0.05, 0) is 40.5 Å². The molecule has 0 saturated carbocycles. The van der Waals surface area contributed by atoms with E-state index in [0.717, 1.165) is 17.8 Å². The van der Waals surface area contributed by atoms with Crippen molar-refractivity contribution >= 4 is 15.9 Å². The highest BCUT2D eigenvalue weighted by Gasteiger charge is 2.13. The molecular weight excluding hydrogens is 299 g/mol. The molecule has 2 rings (SSSR count). The molecule has 1 N–H and O–H groups in total. The Bertz CT molecular complexity index is 542. The summed E-state index contributed by atoms with van der Waals surface area (Å²) < 4.78 is 15.4. The lowest BCUT2D eigenvalue weighted by molar-refractivity contribution is 0.169. The zero-order valence-electron chi connectivity index (χ0n) is 9.98. The largest absolute Gasteiger partial charge is 0.386 e. The van der Waals surface area contributed by atoms with Gasteiger partial charge in [-0.3, -0.25) is 0 Å². The quantitative estimate of drug-likeness (QED) is 0.942. The van der Waals surface area contributed by atoms with E-state index in [1.807, 2.05) is 11.5 Å². The van der Waals surface area contributed by atoms with E-state index in [2.05, 4.69) is 20.9 Å². The molecule has 1 heterocycles. The van der Waals surface area contributed by atoms with Crippen molar-refractivity contribution in [2.45, 2.75) is 26.0 Å². The maximum atomic E-state index is 13.1. The first-order valence-corrected chi connectivity index (χ1v) is 6.53. The highest BCUT2D eigenvalue weighted by atomic mass is 79.9. The summed E-state index contributed by atoms with van der Waals surface area (Å²) in [5.41, 5.74) is 1.65. The molecule has 0 spiro atoms. The predicted molar refractivity (Wildman–Crippen MR) is 70.7 cm³/mol. The average molecular weight is 313 g/mol. The summed E-state index contributed by atoms with van der Waals surface area (Å²) in [4.78, 5) is 4.02. The molecule has 0 saturated heterocycles. The lowest BCUT2D eigenvalue weighted by atomic mass is 10.1. The van der Waals surface area contributed by atoms with Gasteiger partial charge in [0, 0.05) is 13.0 Å². The minimum atomic E-state index is -0.634. The number of hydrogen-bond acceptors (Lipinski definition) is 2. The van der Waals surface area contributed by atoms with Gasteiger partial charge in [-0.25, -0.2) is 9.37 Å². The standard InChI is InChI=1S/C13H14BrFN2O/c1-2-17-8-16-7-12(17)13(18)6-9-3-4-11(15)10(14)5-9/h3-5,7-8,13,18H,2,6H2,1H3. The SMILES string of the molecule is CCn1cncc1C(O)Cc1ccc(F)c(Br)c1. The van der Waals surface area contributed by atoms with E-state index in [-0.39, 0.29) is 5.82 Å². The lowest BCUT2D eigenvalue weighted by Crippen LogP contribution is -2.08. The van der Waals surface area contributed by atoms with E-state index >= 15 is 0 Å². The molecule has 96 valence electrons. The number of aryl methyl sites for hydroxylation is 1. The first kappa shape index (κ1) is 13.2. The lowest BCUT2D eigenvalue weighted by Gasteiger charge is -2.13. The monoisotopic (exact) mass is 312 g/mol. The number of aromatic nitrogens is 2. The van der Waals surface area contributed by atoms with Crippen LogP contribution in [-0.4, -0.2) is 14.7 Å². The zero-order valence-corrected chi connectivity index (χ0v) is 11.6. The summed E-state index contributed by atoms with van der Waals surface area (Å²) >= 11 is 3.14. The first-order valence-electron chi connectivity index (χ1n) is 5.73. The van der Waals surface area contributed by atoms with Gasteiger partial charge in [0.25, 0.3) is 0 Å². The Hall–Kier alpha value is -1.20. The van der Waals surface area contributed by atoms with Crippen molar-refractivity contribution in [2.24, 2.45) is 0 Å². The van der Waals surface area contributed by atoms with Crippen molar-refractivity contribution in [1.29, 1.82) is 0 Å². The number of aliphatic hydroxyl groups is 1. The topological polar surface area (TPSA) is 38.0 Å². The van der Waals surface area contributed by atoms with Crippen LogP contribution in [0.4, 0.5) is 4.39 Å². The average Bonchev–Trinajstić information content (AvgIpc) is 2.82. The molecule has 0 amide bonds. The predicted octanol–water partition coefficient (Wildman–Crippen LogP) is 3.08.